The highest BCUT2D eigenvalue weighted by atomic mass is 16.5. The third-order valence-electron chi connectivity index (χ3n) is 4.54. The molecule has 2 rings (SSSR count). The van der Waals surface area contributed by atoms with Gasteiger partial charge in [-0.3, -0.25) is 0 Å². The Labute approximate surface area is 157 Å². The molecule has 3 heteroatoms. The van der Waals surface area contributed by atoms with Crippen LogP contribution in [0.5, 0.6) is 0 Å². The Hall–Kier alpha value is -2.13. The Morgan fingerprint density at radius 3 is 2.46 bits per heavy atom. The lowest BCUT2D eigenvalue weighted by molar-refractivity contribution is -0.151. The predicted molar refractivity (Wildman–Crippen MR) is 106 cm³/mol. The summed E-state index contributed by atoms with van der Waals surface area (Å²) in [5.41, 5.74) is 5.20. The molecule has 0 saturated carbocycles. The van der Waals surface area contributed by atoms with Crippen molar-refractivity contribution in [2.75, 3.05) is 6.61 Å². The number of carboxylic acid groups (broad SMARTS) is 1. The van der Waals surface area contributed by atoms with E-state index in [1.165, 1.54) is 11.1 Å². The highest BCUT2D eigenvalue weighted by molar-refractivity contribution is 5.76. The molecule has 0 saturated heterocycles. The number of benzene rings is 2. The summed E-state index contributed by atoms with van der Waals surface area (Å²) < 4.78 is 5.80. The molecule has 0 radical (unpaired) electrons. The second-order valence-electron chi connectivity index (χ2n) is 7.73. The molecule has 0 aromatic heterocycles. The second kappa shape index (κ2) is 9.00. The zero-order valence-corrected chi connectivity index (χ0v) is 16.5. The monoisotopic (exact) mass is 354 g/mol. The molecule has 3 nitrogen and oxygen atoms in total. The standard InChI is InChI=1S/C23H30O3/c1-15(2)11-17(4)14-26-22(23(24)25)20-8-6-7-19(13-20)21-12-16(3)9-10-18(21)5/h6-10,12-13,15,17,22H,11,14H2,1-5H3,(H,24,25)/t17?,22-/m1/s1. The second-order valence-corrected chi connectivity index (χ2v) is 7.73. The van der Waals surface area contributed by atoms with Crippen LogP contribution in [0, 0.1) is 25.7 Å². The molecule has 0 heterocycles. The minimum atomic E-state index is -0.945. The molecule has 0 bridgehead atoms. The molecule has 2 aromatic carbocycles. The zero-order chi connectivity index (χ0) is 19.3. The van der Waals surface area contributed by atoms with Crippen LogP contribution in [0.25, 0.3) is 11.1 Å². The van der Waals surface area contributed by atoms with Gasteiger partial charge in [0.1, 0.15) is 0 Å². The summed E-state index contributed by atoms with van der Waals surface area (Å²) in [4.78, 5) is 11.8. The lowest BCUT2D eigenvalue weighted by Gasteiger charge is -2.19. The van der Waals surface area contributed by atoms with E-state index in [-0.39, 0.29) is 0 Å². The Balaban J connectivity index is 2.24. The molecule has 1 N–H and O–H groups in total. The smallest absolute Gasteiger partial charge is 0.337 e. The van der Waals surface area contributed by atoms with Crippen molar-refractivity contribution in [2.24, 2.45) is 11.8 Å². The first kappa shape index (κ1) is 20.2. The summed E-state index contributed by atoms with van der Waals surface area (Å²) in [7, 11) is 0. The zero-order valence-electron chi connectivity index (χ0n) is 16.5. The first-order valence-corrected chi connectivity index (χ1v) is 9.30. The first-order valence-electron chi connectivity index (χ1n) is 9.30. The van der Waals surface area contributed by atoms with Crippen molar-refractivity contribution in [1.29, 1.82) is 0 Å². The number of carboxylic acids is 1. The van der Waals surface area contributed by atoms with E-state index in [4.69, 9.17) is 4.74 Å². The highest BCUT2D eigenvalue weighted by Crippen LogP contribution is 2.29. The van der Waals surface area contributed by atoms with Gasteiger partial charge in [0.05, 0.1) is 6.61 Å². The molecule has 0 aliphatic rings. The molecule has 0 aliphatic heterocycles. The topological polar surface area (TPSA) is 46.5 Å². The van der Waals surface area contributed by atoms with E-state index in [0.717, 1.165) is 17.5 Å². The number of hydrogen-bond donors (Lipinski definition) is 1. The molecule has 1 unspecified atom stereocenters. The third kappa shape index (κ3) is 5.43. The van der Waals surface area contributed by atoms with Crippen LogP contribution in [-0.2, 0) is 9.53 Å². The summed E-state index contributed by atoms with van der Waals surface area (Å²) in [6.45, 7) is 11.0. The van der Waals surface area contributed by atoms with Gasteiger partial charge in [0.25, 0.3) is 0 Å². The lowest BCUT2D eigenvalue weighted by atomic mass is 9.95. The van der Waals surface area contributed by atoms with Crippen molar-refractivity contribution in [3.63, 3.8) is 0 Å². The van der Waals surface area contributed by atoms with Crippen LogP contribution in [0.1, 0.15) is 50.0 Å². The summed E-state index contributed by atoms with van der Waals surface area (Å²) in [5.74, 6) is -0.0385. The predicted octanol–water partition coefficient (Wildman–Crippen LogP) is 5.79. The molecule has 26 heavy (non-hydrogen) atoms. The maximum atomic E-state index is 11.8. The third-order valence-corrected chi connectivity index (χ3v) is 4.54. The van der Waals surface area contributed by atoms with Gasteiger partial charge in [-0.2, -0.15) is 0 Å². The average Bonchev–Trinajstić information content (AvgIpc) is 2.56. The molecular weight excluding hydrogens is 324 g/mol. The highest BCUT2D eigenvalue weighted by Gasteiger charge is 2.22. The Morgan fingerprint density at radius 1 is 1.08 bits per heavy atom. The minimum absolute atomic E-state index is 0.332. The quantitative estimate of drug-likeness (QED) is 0.652. The van der Waals surface area contributed by atoms with Gasteiger partial charge < -0.3 is 9.84 Å². The molecule has 0 amide bonds. The fourth-order valence-electron chi connectivity index (χ4n) is 3.36. The van der Waals surface area contributed by atoms with E-state index in [2.05, 4.69) is 52.8 Å². The molecular formula is C23H30O3. The van der Waals surface area contributed by atoms with E-state index < -0.39 is 12.1 Å². The van der Waals surface area contributed by atoms with Gasteiger partial charge in [-0.05, 0) is 60.4 Å². The van der Waals surface area contributed by atoms with Gasteiger partial charge in [-0.15, -0.1) is 0 Å². The number of aliphatic carboxylic acids is 1. The number of aryl methyl sites for hydroxylation is 2. The van der Waals surface area contributed by atoms with E-state index in [9.17, 15) is 9.90 Å². The summed E-state index contributed by atoms with van der Waals surface area (Å²) >= 11 is 0. The van der Waals surface area contributed by atoms with Crippen molar-refractivity contribution >= 4 is 5.97 Å². The maximum Gasteiger partial charge on any atom is 0.337 e. The van der Waals surface area contributed by atoms with E-state index in [1.807, 2.05) is 24.3 Å². The van der Waals surface area contributed by atoms with Crippen molar-refractivity contribution in [2.45, 2.75) is 47.1 Å². The van der Waals surface area contributed by atoms with Crippen molar-refractivity contribution < 1.29 is 14.6 Å². The van der Waals surface area contributed by atoms with Crippen LogP contribution >= 0.6 is 0 Å². The van der Waals surface area contributed by atoms with Crippen LogP contribution in [0.3, 0.4) is 0 Å². The molecule has 140 valence electrons. The number of ether oxygens (including phenoxy) is 1. The SMILES string of the molecule is Cc1ccc(C)c(-c2cccc([C@@H](OCC(C)CC(C)C)C(=O)O)c2)c1. The molecule has 2 aromatic rings. The molecule has 2 atom stereocenters. The lowest BCUT2D eigenvalue weighted by Crippen LogP contribution is -2.19. The number of hydrogen-bond acceptors (Lipinski definition) is 2. The van der Waals surface area contributed by atoms with Gasteiger partial charge in [-0.1, -0.05) is 62.7 Å². The fraction of sp³-hybridized carbons (Fsp3) is 0.435. The van der Waals surface area contributed by atoms with Gasteiger partial charge in [0.2, 0.25) is 0 Å². The van der Waals surface area contributed by atoms with Gasteiger partial charge in [0.15, 0.2) is 6.10 Å². The van der Waals surface area contributed by atoms with Crippen molar-refractivity contribution in [1.82, 2.24) is 0 Å². The van der Waals surface area contributed by atoms with Crippen molar-refractivity contribution in [3.8, 4) is 11.1 Å². The van der Waals surface area contributed by atoms with Crippen LogP contribution < -0.4 is 0 Å². The van der Waals surface area contributed by atoms with Crippen LogP contribution in [0.15, 0.2) is 42.5 Å². The Kier molecular flexibility index (Phi) is 6.98. The number of carbonyl (C=O) groups is 1. The first-order chi connectivity index (χ1) is 12.3. The van der Waals surface area contributed by atoms with E-state index >= 15 is 0 Å². The summed E-state index contributed by atoms with van der Waals surface area (Å²) in [6.07, 6.45) is 0.0872. The van der Waals surface area contributed by atoms with Crippen molar-refractivity contribution in [3.05, 3.63) is 59.2 Å². The van der Waals surface area contributed by atoms with Crippen LogP contribution in [0.2, 0.25) is 0 Å². The average molecular weight is 354 g/mol. The van der Waals surface area contributed by atoms with Crippen LogP contribution in [0.4, 0.5) is 0 Å². The maximum absolute atomic E-state index is 11.8. The Bertz CT molecular complexity index is 749. The molecule has 0 aliphatic carbocycles. The summed E-state index contributed by atoms with van der Waals surface area (Å²) in [5, 5.41) is 9.66. The molecule has 0 spiro atoms. The van der Waals surface area contributed by atoms with E-state index in [1.54, 1.807) is 0 Å². The summed E-state index contributed by atoms with van der Waals surface area (Å²) in [6, 6.07) is 14.0. The normalized spacial score (nSPS) is 13.6. The van der Waals surface area contributed by atoms with Crippen LogP contribution in [-0.4, -0.2) is 17.7 Å². The minimum Gasteiger partial charge on any atom is -0.479 e. The van der Waals surface area contributed by atoms with E-state index in [0.29, 0.717) is 24.0 Å². The Morgan fingerprint density at radius 2 is 1.81 bits per heavy atom. The largest absolute Gasteiger partial charge is 0.479 e. The van der Waals surface area contributed by atoms with Gasteiger partial charge >= 0.3 is 5.97 Å². The fourth-order valence-corrected chi connectivity index (χ4v) is 3.36. The molecule has 0 fully saturated rings. The number of rotatable bonds is 8. The van der Waals surface area contributed by atoms with Gasteiger partial charge in [-0.25, -0.2) is 4.79 Å². The van der Waals surface area contributed by atoms with Gasteiger partial charge in [0, 0.05) is 0 Å².